The number of rotatable bonds is 6. The fraction of sp³-hybridized carbons (Fsp3) is 0.345. The molecule has 1 saturated heterocycles. The second-order valence-corrected chi connectivity index (χ2v) is 9.08. The van der Waals surface area contributed by atoms with Crippen molar-refractivity contribution in [3.05, 3.63) is 89.0 Å². The van der Waals surface area contributed by atoms with Gasteiger partial charge in [0, 0.05) is 54.5 Å². The zero-order valence-corrected chi connectivity index (χ0v) is 22.0. The lowest BCUT2D eigenvalue weighted by atomic mass is 10.1. The molecule has 0 atom stereocenters. The van der Waals surface area contributed by atoms with Gasteiger partial charge in [-0.1, -0.05) is 61.0 Å². The van der Waals surface area contributed by atoms with E-state index in [1.165, 1.54) is 0 Å². The van der Waals surface area contributed by atoms with Crippen LogP contribution in [0, 0.1) is 6.92 Å². The minimum absolute atomic E-state index is 0.0626. The van der Waals surface area contributed by atoms with Gasteiger partial charge in [0.1, 0.15) is 0 Å². The lowest BCUT2D eigenvalue weighted by Crippen LogP contribution is -2.50. The molecule has 186 valence electrons. The Bertz CT molecular complexity index is 1040. The molecule has 2 aromatic rings. The summed E-state index contributed by atoms with van der Waals surface area (Å²) in [6.45, 7) is 14.2. The minimum Gasteiger partial charge on any atom is -0.339 e. The zero-order valence-electron chi connectivity index (χ0n) is 21.3. The van der Waals surface area contributed by atoms with Crippen LogP contribution in [0.2, 0.25) is 5.02 Å². The van der Waals surface area contributed by atoms with Crippen molar-refractivity contribution in [2.75, 3.05) is 26.2 Å². The van der Waals surface area contributed by atoms with E-state index >= 15 is 0 Å². The summed E-state index contributed by atoms with van der Waals surface area (Å²) in [7, 11) is 0. The quantitative estimate of drug-likeness (QED) is 0.344. The molecule has 1 fully saturated rings. The van der Waals surface area contributed by atoms with Gasteiger partial charge in [-0.2, -0.15) is 0 Å². The summed E-state index contributed by atoms with van der Waals surface area (Å²) in [6.07, 6.45) is 5.10. The van der Waals surface area contributed by atoms with E-state index in [4.69, 9.17) is 11.6 Å². The van der Waals surface area contributed by atoms with Crippen molar-refractivity contribution in [2.24, 2.45) is 4.99 Å². The molecule has 0 saturated carbocycles. The molecule has 1 aliphatic rings. The van der Waals surface area contributed by atoms with Gasteiger partial charge in [-0.05, 0) is 57.5 Å². The highest BCUT2D eigenvalue weighted by atomic mass is 35.5. The number of halogens is 1. The molecule has 5 nitrogen and oxygen atoms in total. The highest BCUT2D eigenvalue weighted by molar-refractivity contribution is 6.30. The third kappa shape index (κ3) is 9.18. The molecule has 0 aliphatic carbocycles. The summed E-state index contributed by atoms with van der Waals surface area (Å²) in [6, 6.07) is 15.2. The molecule has 0 unspecified atom stereocenters. The number of allylic oxidation sites excluding steroid dienone is 2. The molecule has 2 aromatic carbocycles. The fourth-order valence-corrected chi connectivity index (χ4v) is 3.71. The fourth-order valence-electron chi connectivity index (χ4n) is 3.58. The van der Waals surface area contributed by atoms with Crippen molar-refractivity contribution in [1.82, 2.24) is 9.80 Å². The van der Waals surface area contributed by atoms with Gasteiger partial charge in [-0.25, -0.2) is 0 Å². The normalized spacial score (nSPS) is 13.5. The lowest BCUT2D eigenvalue weighted by molar-refractivity contribution is -0.132. The van der Waals surface area contributed by atoms with Crippen LogP contribution >= 0.6 is 11.6 Å². The number of aryl methyl sites for hydroxylation is 1. The molecule has 0 radical (unpaired) electrons. The number of amides is 2. The van der Waals surface area contributed by atoms with Crippen molar-refractivity contribution < 1.29 is 9.59 Å². The number of hydrogen-bond donors (Lipinski definition) is 0. The Morgan fingerprint density at radius 3 is 2.00 bits per heavy atom. The molecule has 2 amide bonds. The van der Waals surface area contributed by atoms with E-state index in [1.54, 1.807) is 6.08 Å². The molecule has 1 aliphatic heterocycles. The van der Waals surface area contributed by atoms with Crippen molar-refractivity contribution in [3.63, 3.8) is 0 Å². The van der Waals surface area contributed by atoms with Crippen LogP contribution in [-0.4, -0.2) is 53.5 Å². The molecule has 6 heteroatoms. The van der Waals surface area contributed by atoms with Crippen LogP contribution in [-0.2, 0) is 4.79 Å². The summed E-state index contributed by atoms with van der Waals surface area (Å²) in [4.78, 5) is 32.3. The number of benzene rings is 2. The van der Waals surface area contributed by atoms with Gasteiger partial charge >= 0.3 is 0 Å². The van der Waals surface area contributed by atoms with Crippen LogP contribution in [0.25, 0.3) is 5.70 Å². The van der Waals surface area contributed by atoms with E-state index in [-0.39, 0.29) is 11.8 Å². The second-order valence-electron chi connectivity index (χ2n) is 8.64. The maximum Gasteiger partial charge on any atom is 0.253 e. The number of hydrogen-bond acceptors (Lipinski definition) is 3. The Labute approximate surface area is 214 Å². The van der Waals surface area contributed by atoms with Gasteiger partial charge in [0.25, 0.3) is 5.91 Å². The first-order chi connectivity index (χ1) is 16.7. The number of carbonyl (C=O) groups excluding carboxylic acids is 2. The summed E-state index contributed by atoms with van der Waals surface area (Å²) in [5.74, 6) is 0.266. The van der Waals surface area contributed by atoms with Crippen molar-refractivity contribution in [3.8, 4) is 0 Å². The number of piperazine rings is 1. The van der Waals surface area contributed by atoms with Crippen LogP contribution < -0.4 is 0 Å². The minimum atomic E-state index is 0.0626. The van der Waals surface area contributed by atoms with Gasteiger partial charge in [0.05, 0.1) is 5.70 Å². The van der Waals surface area contributed by atoms with Crippen molar-refractivity contribution in [1.29, 1.82) is 0 Å². The molecular weight excluding hydrogens is 458 g/mol. The first kappa shape index (κ1) is 28.1. The first-order valence-corrected chi connectivity index (χ1v) is 12.4. The summed E-state index contributed by atoms with van der Waals surface area (Å²) >= 11 is 5.82. The maximum atomic E-state index is 12.3. The SMILES string of the molecule is C=C/C=C(\N=C(C)C)c1ccc(Cl)cc1.CCCC(=O)N1CCN(C(=O)c2ccc(C)cc2)CC1. The average Bonchev–Trinajstić information content (AvgIpc) is 2.85. The van der Waals surface area contributed by atoms with Crippen LogP contribution in [0.15, 0.2) is 72.3 Å². The van der Waals surface area contributed by atoms with Gasteiger partial charge in [0.2, 0.25) is 5.91 Å². The largest absolute Gasteiger partial charge is 0.339 e. The smallest absolute Gasteiger partial charge is 0.253 e. The molecule has 0 bridgehead atoms. The van der Waals surface area contributed by atoms with E-state index in [0.29, 0.717) is 32.6 Å². The predicted octanol–water partition coefficient (Wildman–Crippen LogP) is 6.43. The van der Waals surface area contributed by atoms with Crippen LogP contribution in [0.1, 0.15) is 55.1 Å². The van der Waals surface area contributed by atoms with Gasteiger partial charge in [-0.3, -0.25) is 14.6 Å². The first-order valence-electron chi connectivity index (χ1n) is 12.0. The Balaban J connectivity index is 0.000000258. The summed E-state index contributed by atoms with van der Waals surface area (Å²) in [5, 5.41) is 0.730. The number of nitrogens with zero attached hydrogens (tertiary/aromatic N) is 3. The standard InChI is InChI=1S/C16H22N2O2.C13H14ClN/c1-3-4-15(19)17-9-11-18(12-10-17)16(20)14-7-5-13(2)6-8-14;1-4-5-13(15-10(2)3)11-6-8-12(14)9-7-11/h5-8H,3-4,9-12H2,1-2H3;4-9H,1H2,2-3H3/b;13-5-. The Morgan fingerprint density at radius 2 is 1.49 bits per heavy atom. The van der Waals surface area contributed by atoms with E-state index in [1.807, 2.05) is 92.1 Å². The lowest BCUT2D eigenvalue weighted by Gasteiger charge is -2.34. The van der Waals surface area contributed by atoms with E-state index in [0.717, 1.165) is 39.5 Å². The summed E-state index contributed by atoms with van der Waals surface area (Å²) < 4.78 is 0. The van der Waals surface area contributed by atoms with Crippen LogP contribution in [0.5, 0.6) is 0 Å². The third-order valence-corrected chi connectivity index (χ3v) is 5.69. The number of aliphatic imine (C=N–C) groups is 1. The Hall–Kier alpha value is -3.18. The second kappa shape index (κ2) is 14.3. The van der Waals surface area contributed by atoms with E-state index in [2.05, 4.69) is 11.6 Å². The highest BCUT2D eigenvalue weighted by Crippen LogP contribution is 2.19. The zero-order chi connectivity index (χ0) is 25.8. The molecule has 3 rings (SSSR count). The van der Waals surface area contributed by atoms with E-state index < -0.39 is 0 Å². The third-order valence-electron chi connectivity index (χ3n) is 5.44. The molecule has 0 aromatic heterocycles. The van der Waals surface area contributed by atoms with E-state index in [9.17, 15) is 9.59 Å². The highest BCUT2D eigenvalue weighted by Gasteiger charge is 2.24. The summed E-state index contributed by atoms with van der Waals surface area (Å²) in [5.41, 5.74) is 4.83. The number of carbonyl (C=O) groups is 2. The molecule has 1 heterocycles. The van der Waals surface area contributed by atoms with Gasteiger partial charge < -0.3 is 9.80 Å². The van der Waals surface area contributed by atoms with Crippen molar-refractivity contribution in [2.45, 2.75) is 40.5 Å². The Morgan fingerprint density at radius 1 is 0.943 bits per heavy atom. The predicted molar refractivity (Wildman–Crippen MR) is 147 cm³/mol. The maximum absolute atomic E-state index is 12.3. The molecule has 35 heavy (non-hydrogen) atoms. The topological polar surface area (TPSA) is 53.0 Å². The average molecular weight is 494 g/mol. The van der Waals surface area contributed by atoms with Gasteiger partial charge in [-0.15, -0.1) is 0 Å². The molecule has 0 spiro atoms. The van der Waals surface area contributed by atoms with Crippen LogP contribution in [0.3, 0.4) is 0 Å². The van der Waals surface area contributed by atoms with Crippen molar-refractivity contribution >= 4 is 34.8 Å². The molecule has 0 N–H and O–H groups in total. The van der Waals surface area contributed by atoms with Crippen LogP contribution in [0.4, 0.5) is 0 Å². The Kier molecular flexibility index (Phi) is 11.4. The molecular formula is C29H36ClN3O2. The monoisotopic (exact) mass is 493 g/mol. The van der Waals surface area contributed by atoms with Gasteiger partial charge in [0.15, 0.2) is 0 Å².